The minimum Gasteiger partial charge on any atom is -0.396 e. The van der Waals surface area contributed by atoms with E-state index in [0.717, 1.165) is 32.4 Å². The summed E-state index contributed by atoms with van der Waals surface area (Å²) in [4.78, 5) is 11.9. The molecule has 2 rings (SSSR count). The Kier molecular flexibility index (Phi) is 5.64. The van der Waals surface area contributed by atoms with E-state index >= 15 is 0 Å². The van der Waals surface area contributed by atoms with Crippen molar-refractivity contribution in [3.63, 3.8) is 0 Å². The fourth-order valence-corrected chi connectivity index (χ4v) is 3.40. The molecule has 0 bridgehead atoms. The summed E-state index contributed by atoms with van der Waals surface area (Å²) in [5, 5.41) is 15.9. The number of nitrogens with one attached hydrogen (secondary N) is 2. The number of aliphatic hydroxyl groups is 1. The van der Waals surface area contributed by atoms with Crippen LogP contribution < -0.4 is 10.6 Å². The van der Waals surface area contributed by atoms with Crippen molar-refractivity contribution in [3.05, 3.63) is 0 Å². The molecule has 1 aliphatic heterocycles. The van der Waals surface area contributed by atoms with E-state index in [1.807, 2.05) is 0 Å². The van der Waals surface area contributed by atoms with Gasteiger partial charge in [-0.3, -0.25) is 4.79 Å². The average molecular weight is 268 g/mol. The molecular formula is C15H28N2O2. The molecule has 2 fully saturated rings. The zero-order valence-electron chi connectivity index (χ0n) is 11.9. The van der Waals surface area contributed by atoms with Gasteiger partial charge in [-0.15, -0.1) is 0 Å². The molecule has 110 valence electrons. The summed E-state index contributed by atoms with van der Waals surface area (Å²) >= 11 is 0. The smallest absolute Gasteiger partial charge is 0.220 e. The predicted molar refractivity (Wildman–Crippen MR) is 75.8 cm³/mol. The van der Waals surface area contributed by atoms with Gasteiger partial charge < -0.3 is 15.7 Å². The lowest BCUT2D eigenvalue weighted by molar-refractivity contribution is -0.122. The second kappa shape index (κ2) is 7.25. The van der Waals surface area contributed by atoms with Crippen LogP contribution in [0.1, 0.15) is 51.4 Å². The van der Waals surface area contributed by atoms with Gasteiger partial charge in [0, 0.05) is 18.4 Å². The maximum Gasteiger partial charge on any atom is 0.220 e. The topological polar surface area (TPSA) is 61.4 Å². The van der Waals surface area contributed by atoms with Crippen molar-refractivity contribution < 1.29 is 9.90 Å². The SMILES string of the molecule is O=C(CCC1CCCNC1)NCC1(CO)CCCC1. The van der Waals surface area contributed by atoms with Crippen LogP contribution in [-0.4, -0.2) is 37.3 Å². The Morgan fingerprint density at radius 2 is 2.11 bits per heavy atom. The lowest BCUT2D eigenvalue weighted by atomic mass is 9.87. The fourth-order valence-electron chi connectivity index (χ4n) is 3.40. The normalized spacial score (nSPS) is 26.3. The second-order valence-electron chi connectivity index (χ2n) is 6.39. The molecule has 0 radical (unpaired) electrons. The molecule has 2 aliphatic rings. The largest absolute Gasteiger partial charge is 0.396 e. The van der Waals surface area contributed by atoms with Crippen LogP contribution in [0, 0.1) is 11.3 Å². The van der Waals surface area contributed by atoms with Crippen molar-refractivity contribution in [1.82, 2.24) is 10.6 Å². The van der Waals surface area contributed by atoms with Crippen LogP contribution in [0.2, 0.25) is 0 Å². The Labute approximate surface area is 116 Å². The molecule has 3 N–H and O–H groups in total. The molecule has 1 saturated heterocycles. The molecular weight excluding hydrogens is 240 g/mol. The standard InChI is InChI=1S/C15H28N2O2/c18-12-15(7-1-2-8-15)11-17-14(19)6-5-13-4-3-9-16-10-13/h13,16,18H,1-12H2,(H,17,19). The van der Waals surface area contributed by atoms with Gasteiger partial charge in [0.2, 0.25) is 5.91 Å². The molecule has 0 spiro atoms. The number of piperidine rings is 1. The van der Waals surface area contributed by atoms with Crippen molar-refractivity contribution in [2.45, 2.75) is 51.4 Å². The summed E-state index contributed by atoms with van der Waals surface area (Å²) in [6.07, 6.45) is 8.58. The Bertz CT molecular complexity index is 282. The highest BCUT2D eigenvalue weighted by Gasteiger charge is 2.33. The summed E-state index contributed by atoms with van der Waals surface area (Å²) in [5.41, 5.74) is -0.0257. The van der Waals surface area contributed by atoms with Crippen LogP contribution in [0.4, 0.5) is 0 Å². The molecule has 1 unspecified atom stereocenters. The molecule has 0 aromatic heterocycles. The maximum atomic E-state index is 11.9. The maximum absolute atomic E-state index is 11.9. The summed E-state index contributed by atoms with van der Waals surface area (Å²) in [5.74, 6) is 0.822. The third kappa shape index (κ3) is 4.46. The van der Waals surface area contributed by atoms with E-state index in [0.29, 0.717) is 18.9 Å². The second-order valence-corrected chi connectivity index (χ2v) is 6.39. The monoisotopic (exact) mass is 268 g/mol. The van der Waals surface area contributed by atoms with Crippen LogP contribution in [0.3, 0.4) is 0 Å². The summed E-state index contributed by atoms with van der Waals surface area (Å²) in [6, 6.07) is 0. The first kappa shape index (κ1) is 14.8. The van der Waals surface area contributed by atoms with Gasteiger partial charge in [0.25, 0.3) is 0 Å². The Morgan fingerprint density at radius 3 is 2.74 bits per heavy atom. The molecule has 19 heavy (non-hydrogen) atoms. The molecule has 1 aliphatic carbocycles. The first-order chi connectivity index (χ1) is 9.24. The Morgan fingerprint density at radius 1 is 1.32 bits per heavy atom. The van der Waals surface area contributed by atoms with Gasteiger partial charge >= 0.3 is 0 Å². The highest BCUT2D eigenvalue weighted by atomic mass is 16.3. The zero-order chi connectivity index (χ0) is 13.6. The third-order valence-corrected chi connectivity index (χ3v) is 4.84. The van der Waals surface area contributed by atoms with Crippen molar-refractivity contribution in [3.8, 4) is 0 Å². The summed E-state index contributed by atoms with van der Waals surface area (Å²) < 4.78 is 0. The third-order valence-electron chi connectivity index (χ3n) is 4.84. The van der Waals surface area contributed by atoms with E-state index < -0.39 is 0 Å². The number of hydrogen-bond donors (Lipinski definition) is 3. The Hall–Kier alpha value is -0.610. The molecule has 1 atom stereocenters. The van der Waals surface area contributed by atoms with Crippen LogP contribution in [0.5, 0.6) is 0 Å². The van der Waals surface area contributed by atoms with E-state index in [4.69, 9.17) is 0 Å². The van der Waals surface area contributed by atoms with Crippen LogP contribution in [0.15, 0.2) is 0 Å². The molecule has 4 heteroatoms. The van der Waals surface area contributed by atoms with Crippen LogP contribution in [0.25, 0.3) is 0 Å². The van der Waals surface area contributed by atoms with Crippen LogP contribution >= 0.6 is 0 Å². The minimum absolute atomic E-state index is 0.0257. The minimum atomic E-state index is -0.0257. The van der Waals surface area contributed by atoms with Crippen molar-refractivity contribution in [2.24, 2.45) is 11.3 Å². The quantitative estimate of drug-likeness (QED) is 0.683. The molecule has 0 aromatic carbocycles. The molecule has 1 heterocycles. The van der Waals surface area contributed by atoms with E-state index in [9.17, 15) is 9.90 Å². The van der Waals surface area contributed by atoms with E-state index in [1.165, 1.54) is 25.7 Å². The highest BCUT2D eigenvalue weighted by Crippen LogP contribution is 2.36. The number of aliphatic hydroxyl groups excluding tert-OH is 1. The number of amides is 1. The van der Waals surface area contributed by atoms with Gasteiger partial charge in [-0.25, -0.2) is 0 Å². The highest BCUT2D eigenvalue weighted by molar-refractivity contribution is 5.75. The van der Waals surface area contributed by atoms with Gasteiger partial charge in [-0.1, -0.05) is 12.8 Å². The van der Waals surface area contributed by atoms with Gasteiger partial charge in [-0.05, 0) is 51.1 Å². The van der Waals surface area contributed by atoms with Crippen molar-refractivity contribution in [1.29, 1.82) is 0 Å². The van der Waals surface area contributed by atoms with Gasteiger partial charge in [0.1, 0.15) is 0 Å². The molecule has 4 nitrogen and oxygen atoms in total. The number of carbonyl (C=O) groups excluding carboxylic acids is 1. The zero-order valence-corrected chi connectivity index (χ0v) is 11.9. The molecule has 0 aromatic rings. The van der Waals surface area contributed by atoms with Gasteiger partial charge in [0.15, 0.2) is 0 Å². The lowest BCUT2D eigenvalue weighted by Crippen LogP contribution is -2.38. The van der Waals surface area contributed by atoms with E-state index in [2.05, 4.69) is 10.6 Å². The summed E-state index contributed by atoms with van der Waals surface area (Å²) in [7, 11) is 0. The van der Waals surface area contributed by atoms with E-state index in [-0.39, 0.29) is 17.9 Å². The van der Waals surface area contributed by atoms with Gasteiger partial charge in [-0.2, -0.15) is 0 Å². The molecule has 1 saturated carbocycles. The predicted octanol–water partition coefficient (Wildman–Crippen LogP) is 1.44. The average Bonchev–Trinajstić information content (AvgIpc) is 2.93. The number of hydrogen-bond acceptors (Lipinski definition) is 3. The van der Waals surface area contributed by atoms with E-state index in [1.54, 1.807) is 0 Å². The fraction of sp³-hybridized carbons (Fsp3) is 0.933. The number of carbonyl (C=O) groups is 1. The summed E-state index contributed by atoms with van der Waals surface area (Å²) in [6.45, 7) is 3.06. The van der Waals surface area contributed by atoms with Crippen LogP contribution in [-0.2, 0) is 4.79 Å². The first-order valence-corrected chi connectivity index (χ1v) is 7.82. The lowest BCUT2D eigenvalue weighted by Gasteiger charge is -2.27. The number of rotatable bonds is 6. The Balaban J connectivity index is 1.63. The first-order valence-electron chi connectivity index (χ1n) is 7.82. The van der Waals surface area contributed by atoms with Crippen molar-refractivity contribution in [2.75, 3.05) is 26.2 Å². The van der Waals surface area contributed by atoms with Gasteiger partial charge in [0.05, 0.1) is 6.61 Å². The molecule has 1 amide bonds. The van der Waals surface area contributed by atoms with Crippen molar-refractivity contribution >= 4 is 5.91 Å².